The highest BCUT2D eigenvalue weighted by molar-refractivity contribution is 5.78. The summed E-state index contributed by atoms with van der Waals surface area (Å²) in [5.41, 5.74) is -0.0618. The van der Waals surface area contributed by atoms with Crippen LogP contribution < -0.4 is 10.6 Å². The second-order valence-electron chi connectivity index (χ2n) is 6.93. The molecule has 1 aliphatic carbocycles. The lowest BCUT2D eigenvalue weighted by atomic mass is 9.94. The highest BCUT2D eigenvalue weighted by Crippen LogP contribution is 2.23. The molecule has 0 spiro atoms. The Bertz CT molecular complexity index is 310. The molecular formula is C16H30N2O2. The van der Waals surface area contributed by atoms with Gasteiger partial charge < -0.3 is 15.4 Å². The normalized spacial score (nSPS) is 27.8. The van der Waals surface area contributed by atoms with E-state index in [2.05, 4.69) is 24.5 Å². The zero-order chi connectivity index (χ0) is 14.4. The smallest absolute Gasteiger partial charge is 0.234 e. The van der Waals surface area contributed by atoms with Crippen LogP contribution in [0.25, 0.3) is 0 Å². The Morgan fingerprint density at radius 1 is 1.10 bits per heavy atom. The molecule has 1 amide bonds. The number of hydrogen-bond donors (Lipinski definition) is 2. The van der Waals surface area contributed by atoms with Crippen molar-refractivity contribution < 1.29 is 9.53 Å². The Kier molecular flexibility index (Phi) is 5.85. The molecule has 1 atom stereocenters. The van der Waals surface area contributed by atoms with E-state index in [-0.39, 0.29) is 11.5 Å². The average molecular weight is 282 g/mol. The van der Waals surface area contributed by atoms with Gasteiger partial charge in [0, 0.05) is 18.7 Å². The van der Waals surface area contributed by atoms with E-state index in [1.165, 1.54) is 25.7 Å². The second kappa shape index (κ2) is 7.41. The number of ether oxygens (including phenoxy) is 1. The molecule has 116 valence electrons. The summed E-state index contributed by atoms with van der Waals surface area (Å²) in [5, 5.41) is 6.58. The van der Waals surface area contributed by atoms with Crippen LogP contribution in [0.4, 0.5) is 0 Å². The largest absolute Gasteiger partial charge is 0.375 e. The maximum Gasteiger partial charge on any atom is 0.234 e. The van der Waals surface area contributed by atoms with E-state index in [9.17, 15) is 4.79 Å². The lowest BCUT2D eigenvalue weighted by Gasteiger charge is -2.35. The van der Waals surface area contributed by atoms with Crippen molar-refractivity contribution in [3.05, 3.63) is 0 Å². The van der Waals surface area contributed by atoms with E-state index in [0.717, 1.165) is 32.3 Å². The quantitative estimate of drug-likeness (QED) is 0.778. The molecule has 0 bridgehead atoms. The fourth-order valence-corrected chi connectivity index (χ4v) is 3.35. The van der Waals surface area contributed by atoms with Crippen LogP contribution in [-0.2, 0) is 9.53 Å². The molecule has 2 aliphatic rings. The minimum atomic E-state index is -0.0618. The van der Waals surface area contributed by atoms with E-state index in [4.69, 9.17) is 4.74 Å². The fourth-order valence-electron chi connectivity index (χ4n) is 3.35. The Morgan fingerprint density at radius 3 is 2.45 bits per heavy atom. The van der Waals surface area contributed by atoms with Gasteiger partial charge in [-0.25, -0.2) is 0 Å². The van der Waals surface area contributed by atoms with Crippen molar-refractivity contribution >= 4 is 5.91 Å². The van der Waals surface area contributed by atoms with Crippen LogP contribution >= 0.6 is 0 Å². The average Bonchev–Trinajstić information content (AvgIpc) is 2.64. The van der Waals surface area contributed by atoms with E-state index < -0.39 is 0 Å². The van der Waals surface area contributed by atoms with E-state index in [1.807, 2.05) is 0 Å². The topological polar surface area (TPSA) is 50.4 Å². The lowest BCUT2D eigenvalue weighted by molar-refractivity contribution is -0.121. The summed E-state index contributed by atoms with van der Waals surface area (Å²) in [4.78, 5) is 12.0. The van der Waals surface area contributed by atoms with Gasteiger partial charge in [-0.2, -0.15) is 0 Å². The first kappa shape index (κ1) is 15.8. The predicted molar refractivity (Wildman–Crippen MR) is 80.7 cm³/mol. The van der Waals surface area contributed by atoms with E-state index in [1.54, 1.807) is 0 Å². The summed E-state index contributed by atoms with van der Waals surface area (Å²) in [5.74, 6) is 0.154. The third-order valence-corrected chi connectivity index (χ3v) is 4.47. The summed E-state index contributed by atoms with van der Waals surface area (Å²) >= 11 is 0. The van der Waals surface area contributed by atoms with E-state index in [0.29, 0.717) is 18.6 Å². The SMILES string of the molecule is CC1(C)CC(NCC(=O)NC2CCCCCC2)CCO1. The molecule has 1 saturated heterocycles. The second-order valence-corrected chi connectivity index (χ2v) is 6.93. The number of nitrogens with one attached hydrogen (secondary N) is 2. The highest BCUT2D eigenvalue weighted by Gasteiger charge is 2.28. The Balaban J connectivity index is 1.66. The third-order valence-electron chi connectivity index (χ3n) is 4.47. The van der Waals surface area contributed by atoms with Gasteiger partial charge in [-0.1, -0.05) is 25.7 Å². The number of carbonyl (C=O) groups excluding carboxylic acids is 1. The molecule has 1 unspecified atom stereocenters. The van der Waals surface area contributed by atoms with Crippen molar-refractivity contribution in [1.82, 2.24) is 10.6 Å². The maximum atomic E-state index is 12.0. The van der Waals surface area contributed by atoms with Gasteiger partial charge in [0.25, 0.3) is 0 Å². The van der Waals surface area contributed by atoms with Gasteiger partial charge in [0.15, 0.2) is 0 Å². The Labute approximate surface area is 123 Å². The van der Waals surface area contributed by atoms with Crippen LogP contribution in [0.5, 0.6) is 0 Å². The molecular weight excluding hydrogens is 252 g/mol. The van der Waals surface area contributed by atoms with Crippen LogP contribution in [0.2, 0.25) is 0 Å². The lowest BCUT2D eigenvalue weighted by Crippen LogP contribution is -2.48. The maximum absolute atomic E-state index is 12.0. The molecule has 1 saturated carbocycles. The Hall–Kier alpha value is -0.610. The Morgan fingerprint density at radius 2 is 1.80 bits per heavy atom. The summed E-state index contributed by atoms with van der Waals surface area (Å²) in [6, 6.07) is 0.802. The minimum absolute atomic E-state index is 0.0618. The van der Waals surface area contributed by atoms with E-state index >= 15 is 0 Å². The number of amides is 1. The molecule has 20 heavy (non-hydrogen) atoms. The molecule has 0 radical (unpaired) electrons. The minimum Gasteiger partial charge on any atom is -0.375 e. The van der Waals surface area contributed by atoms with Gasteiger partial charge in [-0.05, 0) is 39.5 Å². The molecule has 0 aromatic rings. The van der Waals surface area contributed by atoms with Crippen molar-refractivity contribution in [2.24, 2.45) is 0 Å². The predicted octanol–water partition coefficient (Wildman–Crippen LogP) is 2.37. The molecule has 1 heterocycles. The molecule has 0 aromatic carbocycles. The van der Waals surface area contributed by atoms with Gasteiger partial charge >= 0.3 is 0 Å². The summed E-state index contributed by atoms with van der Waals surface area (Å²) in [6.45, 7) is 5.46. The molecule has 4 heteroatoms. The molecule has 2 fully saturated rings. The molecule has 0 aromatic heterocycles. The van der Waals surface area contributed by atoms with Crippen molar-refractivity contribution in [1.29, 1.82) is 0 Å². The summed E-state index contributed by atoms with van der Waals surface area (Å²) in [7, 11) is 0. The molecule has 4 nitrogen and oxygen atoms in total. The number of carbonyl (C=O) groups is 1. The molecule has 2 rings (SSSR count). The highest BCUT2D eigenvalue weighted by atomic mass is 16.5. The van der Waals surface area contributed by atoms with Crippen LogP contribution in [0.15, 0.2) is 0 Å². The number of hydrogen-bond acceptors (Lipinski definition) is 3. The van der Waals surface area contributed by atoms with Crippen LogP contribution in [0.1, 0.15) is 65.2 Å². The summed E-state index contributed by atoms with van der Waals surface area (Å²) in [6.07, 6.45) is 9.43. The zero-order valence-electron chi connectivity index (χ0n) is 13.0. The molecule has 1 aliphatic heterocycles. The van der Waals surface area contributed by atoms with Gasteiger partial charge in [0.1, 0.15) is 0 Å². The van der Waals surface area contributed by atoms with Gasteiger partial charge in [-0.15, -0.1) is 0 Å². The van der Waals surface area contributed by atoms with Gasteiger partial charge in [0.05, 0.1) is 12.1 Å². The van der Waals surface area contributed by atoms with Gasteiger partial charge in [-0.3, -0.25) is 4.79 Å². The van der Waals surface area contributed by atoms with Crippen molar-refractivity contribution in [3.63, 3.8) is 0 Å². The standard InChI is InChI=1S/C16H30N2O2/c1-16(2)11-14(9-10-20-16)17-12-15(19)18-13-7-5-3-4-6-8-13/h13-14,17H,3-12H2,1-2H3,(H,18,19). The first-order valence-electron chi connectivity index (χ1n) is 8.22. The summed E-state index contributed by atoms with van der Waals surface area (Å²) < 4.78 is 5.70. The van der Waals surface area contributed by atoms with Crippen molar-refractivity contribution in [2.75, 3.05) is 13.2 Å². The monoisotopic (exact) mass is 282 g/mol. The fraction of sp³-hybridized carbons (Fsp3) is 0.938. The van der Waals surface area contributed by atoms with Gasteiger partial charge in [0.2, 0.25) is 5.91 Å². The zero-order valence-corrected chi connectivity index (χ0v) is 13.0. The number of rotatable bonds is 4. The van der Waals surface area contributed by atoms with Crippen molar-refractivity contribution in [2.45, 2.75) is 82.9 Å². The molecule has 2 N–H and O–H groups in total. The van der Waals surface area contributed by atoms with Crippen LogP contribution in [0.3, 0.4) is 0 Å². The van der Waals surface area contributed by atoms with Crippen LogP contribution in [0, 0.1) is 0 Å². The van der Waals surface area contributed by atoms with Crippen molar-refractivity contribution in [3.8, 4) is 0 Å². The first-order chi connectivity index (χ1) is 9.55. The van der Waals surface area contributed by atoms with Crippen LogP contribution in [-0.4, -0.2) is 36.7 Å². The third kappa shape index (κ3) is 5.41. The first-order valence-corrected chi connectivity index (χ1v) is 8.22.